The Balaban J connectivity index is 0.000000362. The van der Waals surface area contributed by atoms with Gasteiger partial charge in [0.2, 0.25) is 11.8 Å². The lowest BCUT2D eigenvalue weighted by Gasteiger charge is -2.38. The molecule has 0 bridgehead atoms. The number of aliphatic hydroxyl groups excluding tert-OH is 2. The highest BCUT2D eigenvalue weighted by Crippen LogP contribution is 2.38. The molecule has 71 heavy (non-hydrogen) atoms. The number of hydrogen-bond acceptors (Lipinski definition) is 16. The summed E-state index contributed by atoms with van der Waals surface area (Å²) in [5, 5.41) is 45.3. The summed E-state index contributed by atoms with van der Waals surface area (Å²) < 4.78 is 12.5. The lowest BCUT2D eigenvalue weighted by Crippen LogP contribution is -2.49. The lowest BCUT2D eigenvalue weighted by atomic mass is 9.80. The van der Waals surface area contributed by atoms with Gasteiger partial charge in [-0.05, 0) is 141 Å². The number of anilines is 4. The third kappa shape index (κ3) is 14.6. The Morgan fingerprint density at radius 1 is 0.634 bits per heavy atom. The first kappa shape index (κ1) is 62.7. The number of nitrogens with zero attached hydrogens (tertiary/aromatic N) is 8. The van der Waals surface area contributed by atoms with Crippen molar-refractivity contribution in [3.8, 4) is 11.3 Å². The Kier molecular flexibility index (Phi) is 22.1. The number of aromatic nitrogens is 6. The van der Waals surface area contributed by atoms with E-state index in [1.165, 1.54) is 0 Å². The zero-order valence-corrected chi connectivity index (χ0v) is 41.8. The van der Waals surface area contributed by atoms with E-state index in [2.05, 4.69) is 51.5 Å². The van der Waals surface area contributed by atoms with Crippen molar-refractivity contribution in [2.24, 2.45) is 0 Å². The number of hydrogen-bond donors (Lipinski definition) is 6. The Hall–Kier alpha value is -4.41. The normalized spacial score (nSPS) is 21.9. The molecule has 394 valence electrons. The van der Waals surface area contributed by atoms with Crippen LogP contribution >= 0.6 is 28.3 Å². The van der Waals surface area contributed by atoms with Crippen LogP contribution in [-0.2, 0) is 30.1 Å². The van der Waals surface area contributed by atoms with Gasteiger partial charge in [0.05, 0.1) is 66.0 Å². The van der Waals surface area contributed by atoms with Gasteiger partial charge in [0.25, 0.3) is 0 Å². The molecule has 4 aromatic rings. The summed E-state index contributed by atoms with van der Waals surface area (Å²) in [6.07, 6.45) is 12.1. The summed E-state index contributed by atoms with van der Waals surface area (Å²) in [7, 11) is -0.409. The second-order valence-corrected chi connectivity index (χ2v) is 20.4. The van der Waals surface area contributed by atoms with E-state index < -0.39 is 18.3 Å². The topological polar surface area (TPSA) is 241 Å². The molecule has 0 atom stereocenters. The highest BCUT2D eigenvalue weighted by atomic mass is 79.9. The zero-order chi connectivity index (χ0) is 47.8. The van der Waals surface area contributed by atoms with Crippen molar-refractivity contribution in [3.05, 3.63) is 65.0 Å². The number of fused-ring (bicyclic) bond motifs is 2. The van der Waals surface area contributed by atoms with Crippen molar-refractivity contribution in [1.82, 2.24) is 29.9 Å². The fraction of sp³-hybridized carbons (Fsp3) is 0.600. The summed E-state index contributed by atoms with van der Waals surface area (Å²) >= 11 is 3.29. The Bertz CT molecular complexity index is 2340. The van der Waals surface area contributed by atoms with Crippen LogP contribution in [0.1, 0.15) is 148 Å². The number of aliphatic hydroxyl groups is 4. The molecule has 2 amide bonds. The van der Waals surface area contributed by atoms with Crippen LogP contribution in [0.25, 0.3) is 11.3 Å². The first-order chi connectivity index (χ1) is 31.0. The third-order valence-corrected chi connectivity index (χ3v) is 13.4. The average molecular weight is 1070 g/mol. The zero-order valence-electron chi connectivity index (χ0n) is 39.4. The van der Waals surface area contributed by atoms with Crippen molar-refractivity contribution in [3.63, 3.8) is 0 Å². The molecule has 2 saturated carbocycles. The number of carbonyl (C=O) groups is 2. The van der Waals surface area contributed by atoms with Gasteiger partial charge >= 0.3 is 7.12 Å². The molecule has 4 aromatic heterocycles. The van der Waals surface area contributed by atoms with Crippen LogP contribution in [0.2, 0.25) is 0 Å². The molecule has 7 heterocycles. The van der Waals surface area contributed by atoms with Crippen LogP contribution in [0.15, 0.2) is 53.7 Å². The molecule has 0 spiro atoms. The van der Waals surface area contributed by atoms with E-state index in [1.807, 2.05) is 39.8 Å². The smallest absolute Gasteiger partial charge is 0.399 e. The fourth-order valence-corrected chi connectivity index (χ4v) is 8.64. The number of nitrogens with one attached hydrogen (secondary N) is 2. The third-order valence-electron chi connectivity index (χ3n) is 13.0. The highest BCUT2D eigenvalue weighted by molar-refractivity contribution is 9.10. The number of carbonyl (C=O) groups excluding carboxylic acids is 2. The van der Waals surface area contributed by atoms with Crippen molar-refractivity contribution >= 4 is 76.0 Å². The van der Waals surface area contributed by atoms with Crippen molar-refractivity contribution in [1.29, 1.82) is 0 Å². The van der Waals surface area contributed by atoms with E-state index in [1.54, 1.807) is 74.4 Å². The minimum Gasteiger partial charge on any atom is -0.399 e. The Morgan fingerprint density at radius 3 is 1.46 bits per heavy atom. The van der Waals surface area contributed by atoms with Crippen molar-refractivity contribution in [2.75, 3.05) is 33.5 Å². The van der Waals surface area contributed by atoms with E-state index >= 15 is 0 Å². The molecule has 21 heteroatoms. The first-order valence-corrected chi connectivity index (χ1v) is 23.4. The van der Waals surface area contributed by atoms with E-state index in [4.69, 9.17) is 14.3 Å². The molecule has 3 fully saturated rings. The molecule has 0 aromatic carbocycles. The van der Waals surface area contributed by atoms with Gasteiger partial charge in [-0.25, -0.2) is 19.9 Å². The maximum atomic E-state index is 12.6. The van der Waals surface area contributed by atoms with Gasteiger partial charge in [-0.1, -0.05) is 35.8 Å². The molecule has 3 aliphatic heterocycles. The van der Waals surface area contributed by atoms with E-state index in [0.29, 0.717) is 57.8 Å². The average Bonchev–Trinajstić information content (AvgIpc) is 3.49. The second kappa shape index (κ2) is 25.0. The molecule has 1 saturated heterocycles. The lowest BCUT2D eigenvalue weighted by molar-refractivity contribution is -0.118. The Morgan fingerprint density at radius 2 is 1.06 bits per heavy atom. The summed E-state index contributed by atoms with van der Waals surface area (Å²) in [4.78, 5) is 54.7. The SMILES string of the molecule is C.C.C.C.CC(C)(O)c1ccc(-c2cnc3c(n2)N(C2CCC(O)CC2)C(=O)CN3)cn1.CC(C)(O)c1ccc(B2OC(C)(C)C(C)(C)O2)cn1.Cl.O=C1CNc2ncc(Br)nc2N1C1CCC(O)CC1. The van der Waals surface area contributed by atoms with E-state index in [0.717, 1.165) is 49.6 Å². The highest BCUT2D eigenvalue weighted by Gasteiger charge is 2.52. The standard InChI is InChI=1S/C20H25N5O3.C14H22BNO3.C12H15BrN4O2.4CH4.ClH/c1-20(2,28)16-8-3-12(9-21-16)15-10-22-18-19(24-15)25(17(27)11-23-18)13-4-6-14(26)7-5-13;1-12(2,17)11-8-7-10(9-16-11)15-18-13(3,4)14(5,6)19-15;13-9-5-14-11-12(16-9)17(10(19)6-15-11)7-1-3-8(18)4-2-7;;;;;/h3,8-10,13-14,26,28H,4-7,11H2,1-2H3,(H,22,23);7-9,17H,1-6H3;5,7-8,18H,1-4,6H2,(H,14,15);4*1H4;1H. The van der Waals surface area contributed by atoms with Crippen LogP contribution in [-0.4, -0.2) is 118 Å². The summed E-state index contributed by atoms with van der Waals surface area (Å²) in [5.41, 5.74) is 0.791. The Labute approximate surface area is 436 Å². The molecule has 2 aliphatic carbocycles. The van der Waals surface area contributed by atoms with Gasteiger partial charge in [0.15, 0.2) is 23.3 Å². The van der Waals surface area contributed by atoms with Crippen molar-refractivity contribution < 1.29 is 39.3 Å². The monoisotopic (exact) mass is 1070 g/mol. The summed E-state index contributed by atoms with van der Waals surface area (Å²) in [6, 6.07) is 7.44. The van der Waals surface area contributed by atoms with Gasteiger partial charge in [-0.15, -0.1) is 12.4 Å². The van der Waals surface area contributed by atoms with Crippen molar-refractivity contribution in [2.45, 2.75) is 183 Å². The fourth-order valence-electron chi connectivity index (χ4n) is 8.37. The van der Waals surface area contributed by atoms with Crippen LogP contribution < -0.4 is 25.9 Å². The van der Waals surface area contributed by atoms with E-state index in [9.17, 15) is 30.0 Å². The minimum atomic E-state index is -1.02. The quantitative estimate of drug-likeness (QED) is 0.101. The number of rotatable bonds is 6. The largest absolute Gasteiger partial charge is 0.496 e. The van der Waals surface area contributed by atoms with Crippen LogP contribution in [0, 0.1) is 0 Å². The maximum absolute atomic E-state index is 12.6. The number of pyridine rings is 2. The van der Waals surface area contributed by atoms with Crippen LogP contribution in [0.3, 0.4) is 0 Å². The van der Waals surface area contributed by atoms with Gasteiger partial charge in [-0.3, -0.25) is 29.4 Å². The predicted molar refractivity (Wildman–Crippen MR) is 288 cm³/mol. The van der Waals surface area contributed by atoms with Crippen LogP contribution in [0.4, 0.5) is 23.3 Å². The molecular weight excluding hydrogens is 995 g/mol. The molecular formula is C50H79BBrClN10O8. The molecule has 18 nitrogen and oxygen atoms in total. The van der Waals surface area contributed by atoms with Crippen LogP contribution in [0.5, 0.6) is 0 Å². The molecule has 0 unspecified atom stereocenters. The predicted octanol–water partition coefficient (Wildman–Crippen LogP) is 7.70. The van der Waals surface area contributed by atoms with E-state index in [-0.39, 0.29) is 103 Å². The second-order valence-electron chi connectivity index (χ2n) is 19.6. The van der Waals surface area contributed by atoms with Gasteiger partial charge in [-0.2, -0.15) is 0 Å². The molecule has 6 N–H and O–H groups in total. The van der Waals surface area contributed by atoms with Gasteiger partial charge < -0.3 is 40.4 Å². The molecule has 0 radical (unpaired) electrons. The number of halogens is 2. The van der Waals surface area contributed by atoms with Gasteiger partial charge in [0, 0.05) is 35.5 Å². The number of amides is 2. The molecule has 9 rings (SSSR count). The summed E-state index contributed by atoms with van der Waals surface area (Å²) in [5.74, 6) is 2.34. The van der Waals surface area contributed by atoms with Gasteiger partial charge in [0.1, 0.15) is 15.8 Å². The maximum Gasteiger partial charge on any atom is 0.496 e. The summed E-state index contributed by atoms with van der Waals surface area (Å²) in [6.45, 7) is 15.3. The first-order valence-electron chi connectivity index (χ1n) is 22.6. The minimum absolute atomic E-state index is 0. The molecule has 5 aliphatic rings.